The smallest absolute Gasteiger partial charge is 0.387 e. The number of rotatable bonds is 8. The van der Waals surface area contributed by atoms with Crippen LogP contribution in [-0.2, 0) is 11.3 Å². The van der Waals surface area contributed by atoms with E-state index in [2.05, 4.69) is 14.9 Å². The Hall–Kier alpha value is -4.09. The number of nitro benzene ring substituents is 1. The van der Waals surface area contributed by atoms with Crippen LogP contribution in [0.5, 0.6) is 11.5 Å². The Bertz CT molecular complexity index is 1050. The number of aromatic nitrogens is 2. The zero-order chi connectivity index (χ0) is 21.7. The normalized spacial score (nSPS) is 10.7. The summed E-state index contributed by atoms with van der Waals surface area (Å²) in [6.07, 6.45) is 0. The first-order chi connectivity index (χ1) is 14.4. The van der Waals surface area contributed by atoms with Crippen LogP contribution in [0.2, 0.25) is 0 Å². The second kappa shape index (κ2) is 8.94. The van der Waals surface area contributed by atoms with Gasteiger partial charge in [-0.25, -0.2) is 4.79 Å². The van der Waals surface area contributed by atoms with Gasteiger partial charge in [-0.05, 0) is 24.3 Å². The van der Waals surface area contributed by atoms with E-state index >= 15 is 0 Å². The molecule has 1 heterocycles. The lowest BCUT2D eigenvalue weighted by Crippen LogP contribution is -2.11. The highest BCUT2D eigenvalue weighted by molar-refractivity contribution is 5.93. The number of hydrogen-bond donors (Lipinski definition) is 0. The third-order valence-electron chi connectivity index (χ3n) is 3.76. The quantitative estimate of drug-likeness (QED) is 0.304. The van der Waals surface area contributed by atoms with Crippen molar-refractivity contribution in [1.82, 2.24) is 10.1 Å². The van der Waals surface area contributed by atoms with Crippen LogP contribution in [0.25, 0.3) is 11.4 Å². The molecule has 0 fully saturated rings. The summed E-state index contributed by atoms with van der Waals surface area (Å²) in [7, 11) is 1.24. The van der Waals surface area contributed by atoms with Crippen LogP contribution in [0, 0.1) is 10.1 Å². The summed E-state index contributed by atoms with van der Waals surface area (Å²) in [6, 6.07) is 9.41. The van der Waals surface area contributed by atoms with Crippen molar-refractivity contribution in [3.63, 3.8) is 0 Å². The van der Waals surface area contributed by atoms with Crippen LogP contribution in [-0.4, -0.2) is 34.8 Å². The van der Waals surface area contributed by atoms with Gasteiger partial charge in [-0.1, -0.05) is 11.2 Å². The molecule has 156 valence electrons. The Morgan fingerprint density at radius 1 is 1.23 bits per heavy atom. The number of carbonyl (C=O) groups is 1. The number of alkyl halides is 2. The maximum absolute atomic E-state index is 12.7. The van der Waals surface area contributed by atoms with Crippen LogP contribution in [0.4, 0.5) is 14.5 Å². The first kappa shape index (κ1) is 20.6. The summed E-state index contributed by atoms with van der Waals surface area (Å²) >= 11 is 0. The Labute approximate surface area is 167 Å². The molecule has 1 aromatic heterocycles. The number of non-ortho nitro benzene ring substituents is 1. The fourth-order valence-corrected chi connectivity index (χ4v) is 2.42. The summed E-state index contributed by atoms with van der Waals surface area (Å²) in [5, 5.41) is 14.4. The van der Waals surface area contributed by atoms with Gasteiger partial charge in [0, 0.05) is 17.7 Å². The number of para-hydroxylation sites is 1. The number of ether oxygens (including phenoxy) is 3. The molecule has 3 rings (SSSR count). The molecule has 0 aliphatic rings. The van der Waals surface area contributed by atoms with Gasteiger partial charge in [0.2, 0.25) is 5.82 Å². The molecular weight excluding hydrogens is 408 g/mol. The summed E-state index contributed by atoms with van der Waals surface area (Å²) < 4.78 is 44.6. The number of hydrogen-bond acceptors (Lipinski definition) is 9. The summed E-state index contributed by atoms with van der Waals surface area (Å²) in [6.45, 7) is -3.61. The molecule has 10 nitrogen and oxygen atoms in total. The fourth-order valence-electron chi connectivity index (χ4n) is 2.42. The highest BCUT2D eigenvalue weighted by Crippen LogP contribution is 2.33. The zero-order valence-electron chi connectivity index (χ0n) is 15.3. The highest BCUT2D eigenvalue weighted by Gasteiger charge is 2.22. The van der Waals surface area contributed by atoms with E-state index < -0.39 is 29.9 Å². The van der Waals surface area contributed by atoms with Gasteiger partial charge in [-0.3, -0.25) is 10.1 Å². The average molecular weight is 421 g/mol. The minimum absolute atomic E-state index is 0.0667. The van der Waals surface area contributed by atoms with Crippen molar-refractivity contribution in [2.45, 2.75) is 13.2 Å². The van der Waals surface area contributed by atoms with E-state index in [0.29, 0.717) is 5.56 Å². The number of nitro groups is 1. The molecular formula is C18H13F2N3O7. The van der Waals surface area contributed by atoms with Gasteiger partial charge in [-0.15, -0.1) is 0 Å². The molecule has 0 aliphatic carbocycles. The second-order valence-electron chi connectivity index (χ2n) is 5.61. The van der Waals surface area contributed by atoms with Crippen molar-refractivity contribution in [1.29, 1.82) is 0 Å². The van der Waals surface area contributed by atoms with E-state index in [9.17, 15) is 23.7 Å². The molecule has 0 atom stereocenters. The topological polar surface area (TPSA) is 127 Å². The van der Waals surface area contributed by atoms with E-state index in [1.54, 1.807) is 0 Å². The molecule has 0 saturated heterocycles. The van der Waals surface area contributed by atoms with Crippen LogP contribution in [0.3, 0.4) is 0 Å². The van der Waals surface area contributed by atoms with Crippen molar-refractivity contribution in [2.75, 3.05) is 7.11 Å². The maximum atomic E-state index is 12.7. The first-order valence-electron chi connectivity index (χ1n) is 8.25. The van der Waals surface area contributed by atoms with E-state index in [1.807, 2.05) is 0 Å². The number of benzene rings is 2. The van der Waals surface area contributed by atoms with E-state index in [-0.39, 0.29) is 28.7 Å². The third-order valence-corrected chi connectivity index (χ3v) is 3.76. The van der Waals surface area contributed by atoms with Crippen molar-refractivity contribution >= 4 is 11.7 Å². The molecule has 0 N–H and O–H groups in total. The number of methoxy groups -OCH3 is 1. The van der Waals surface area contributed by atoms with Gasteiger partial charge >= 0.3 is 12.6 Å². The van der Waals surface area contributed by atoms with Gasteiger partial charge in [0.25, 0.3) is 11.6 Å². The predicted molar refractivity (Wildman–Crippen MR) is 95.1 cm³/mol. The molecule has 3 aromatic rings. The minimum Gasteiger partial charge on any atom is -0.493 e. The largest absolute Gasteiger partial charge is 0.493 e. The Morgan fingerprint density at radius 3 is 2.60 bits per heavy atom. The van der Waals surface area contributed by atoms with E-state index in [0.717, 1.165) is 0 Å². The van der Waals surface area contributed by atoms with Gasteiger partial charge in [0.15, 0.2) is 18.1 Å². The molecule has 0 spiro atoms. The van der Waals surface area contributed by atoms with Gasteiger partial charge < -0.3 is 18.7 Å². The second-order valence-corrected chi connectivity index (χ2v) is 5.61. The lowest BCUT2D eigenvalue weighted by molar-refractivity contribution is -0.384. The molecule has 0 unspecified atom stereocenters. The summed E-state index contributed by atoms with van der Waals surface area (Å²) in [5.74, 6) is -1.45. The maximum Gasteiger partial charge on any atom is 0.387 e. The number of halogens is 2. The lowest BCUT2D eigenvalue weighted by Gasteiger charge is -2.13. The van der Waals surface area contributed by atoms with Crippen molar-refractivity contribution < 1.29 is 37.2 Å². The molecule has 0 saturated carbocycles. The number of esters is 1. The number of carbonyl (C=O) groups excluding carboxylic acids is 1. The number of nitrogens with zero attached hydrogens (tertiary/aromatic N) is 3. The molecule has 30 heavy (non-hydrogen) atoms. The molecule has 0 aliphatic heterocycles. The van der Waals surface area contributed by atoms with E-state index in [1.165, 1.54) is 49.6 Å². The molecule has 0 radical (unpaired) electrons. The van der Waals surface area contributed by atoms with Crippen LogP contribution < -0.4 is 9.47 Å². The monoisotopic (exact) mass is 421 g/mol. The Morgan fingerprint density at radius 2 is 1.97 bits per heavy atom. The average Bonchev–Trinajstić information content (AvgIpc) is 3.21. The van der Waals surface area contributed by atoms with Crippen LogP contribution in [0.1, 0.15) is 16.2 Å². The molecule has 2 aromatic carbocycles. The standard InChI is InChI=1S/C18H13F2N3O7/c1-27-13-4-2-3-12(15(13)29-18(19)20)17(24)28-9-14-21-16(22-30-14)10-5-7-11(8-6-10)23(25)26/h2-8,18H,9H2,1H3. The summed E-state index contributed by atoms with van der Waals surface area (Å²) in [5.41, 5.74) is 0.0728. The van der Waals surface area contributed by atoms with Gasteiger partial charge in [-0.2, -0.15) is 13.8 Å². The van der Waals surface area contributed by atoms with Gasteiger partial charge in [0.1, 0.15) is 5.56 Å². The third kappa shape index (κ3) is 4.66. The fraction of sp³-hybridized carbons (Fsp3) is 0.167. The van der Waals surface area contributed by atoms with Gasteiger partial charge in [0.05, 0.1) is 12.0 Å². The Balaban J connectivity index is 1.71. The minimum atomic E-state index is -3.17. The highest BCUT2D eigenvalue weighted by atomic mass is 19.3. The Kier molecular flexibility index (Phi) is 6.15. The molecule has 12 heteroatoms. The SMILES string of the molecule is COc1cccc(C(=O)OCc2nc(-c3ccc([N+](=O)[O-])cc3)no2)c1OC(F)F. The van der Waals surface area contributed by atoms with Crippen LogP contribution >= 0.6 is 0 Å². The summed E-state index contributed by atoms with van der Waals surface area (Å²) in [4.78, 5) is 26.5. The van der Waals surface area contributed by atoms with E-state index in [4.69, 9.17) is 14.0 Å². The molecule has 0 amide bonds. The lowest BCUT2D eigenvalue weighted by atomic mass is 10.2. The van der Waals surface area contributed by atoms with Crippen LogP contribution in [0.15, 0.2) is 47.0 Å². The van der Waals surface area contributed by atoms with Crippen molar-refractivity contribution in [3.8, 4) is 22.9 Å². The van der Waals surface area contributed by atoms with Crippen molar-refractivity contribution in [2.24, 2.45) is 0 Å². The first-order valence-corrected chi connectivity index (χ1v) is 8.25. The molecule has 0 bridgehead atoms. The zero-order valence-corrected chi connectivity index (χ0v) is 15.3. The predicted octanol–water partition coefficient (Wildman–Crippen LogP) is 3.61. The van der Waals surface area contributed by atoms with Crippen molar-refractivity contribution in [3.05, 3.63) is 64.0 Å².